The molecule has 6 N–H and O–H groups in total. The van der Waals surface area contributed by atoms with E-state index in [9.17, 15) is 44.1 Å². The number of halogens is 1. The zero-order valence-corrected chi connectivity index (χ0v) is 54.9. The van der Waals surface area contributed by atoms with E-state index in [0.29, 0.717) is 58.7 Å². The number of benzene rings is 9. The molecule has 1 atom stereocenters. The van der Waals surface area contributed by atoms with Gasteiger partial charge >= 0.3 is 18.2 Å². The largest absolute Gasteiger partial charge is 0.506 e. The lowest BCUT2D eigenvalue weighted by atomic mass is 10.0. The molecule has 0 radical (unpaired) electrons. The van der Waals surface area contributed by atoms with E-state index >= 15 is 0 Å². The van der Waals surface area contributed by atoms with Crippen molar-refractivity contribution >= 4 is 97.5 Å². The highest BCUT2D eigenvalue weighted by atomic mass is 35.5. The second kappa shape index (κ2) is 34.0. The van der Waals surface area contributed by atoms with Crippen LogP contribution < -0.4 is 40.1 Å². The van der Waals surface area contributed by atoms with E-state index in [1.807, 2.05) is 91.5 Å². The van der Waals surface area contributed by atoms with E-state index < -0.39 is 41.9 Å². The van der Waals surface area contributed by atoms with Gasteiger partial charge in [-0.1, -0.05) is 192 Å². The number of likely N-dealkylation sites (N-methyl/N-ethyl adjacent to an activating group) is 1. The molecule has 1 aliphatic rings. The summed E-state index contributed by atoms with van der Waals surface area (Å²) in [5, 5.41) is 44.0. The Labute approximate surface area is 563 Å². The lowest BCUT2D eigenvalue weighted by Gasteiger charge is -2.32. The minimum absolute atomic E-state index is 0.0112. The van der Waals surface area contributed by atoms with Crippen LogP contribution >= 0.6 is 11.6 Å². The van der Waals surface area contributed by atoms with Gasteiger partial charge in [-0.05, 0) is 92.1 Å². The number of hydrazine groups is 1. The molecule has 1 saturated heterocycles. The average Bonchev–Trinajstić information content (AvgIpc) is 1.39. The molecule has 1 heterocycles. The van der Waals surface area contributed by atoms with Gasteiger partial charge in [0.05, 0.1) is 71.6 Å². The Bertz CT molecular complexity index is 4210. The van der Waals surface area contributed by atoms with E-state index in [1.54, 1.807) is 83.9 Å². The van der Waals surface area contributed by atoms with Crippen LogP contribution in [0.5, 0.6) is 28.7 Å². The van der Waals surface area contributed by atoms with Gasteiger partial charge < -0.3 is 49.8 Å². The van der Waals surface area contributed by atoms with Gasteiger partial charge in [0.25, 0.3) is 17.7 Å². The Morgan fingerprint density at radius 2 is 1.14 bits per heavy atom. The number of nitrogens with zero attached hydrogens (tertiary/aromatic N) is 3. The number of para-hydroxylation sites is 2. The molecule has 5 amide bonds. The molecule has 1 aliphatic heterocycles. The first kappa shape index (κ1) is 69.7. The molecule has 10 rings (SSSR count). The Kier molecular flexibility index (Phi) is 24.7. The maximum absolute atomic E-state index is 13.8. The maximum Gasteiger partial charge on any atom is 0.441 e. The lowest BCUT2D eigenvalue weighted by molar-refractivity contribution is -0.126. The van der Waals surface area contributed by atoms with Crippen molar-refractivity contribution in [2.45, 2.75) is 97.4 Å². The quantitative estimate of drug-likeness (QED) is 0.0218. The number of anilines is 5. The van der Waals surface area contributed by atoms with Crippen LogP contribution in [0.15, 0.2) is 182 Å². The summed E-state index contributed by atoms with van der Waals surface area (Å²) >= 11 is 6.41. The number of phenols is 2. The Morgan fingerprint density at radius 1 is 0.583 bits per heavy atom. The number of aromatic hydroxyl groups is 2. The van der Waals surface area contributed by atoms with Crippen molar-refractivity contribution < 1.29 is 63.0 Å². The van der Waals surface area contributed by atoms with Crippen molar-refractivity contribution in [2.24, 2.45) is 0 Å². The van der Waals surface area contributed by atoms with E-state index in [2.05, 4.69) is 22.9 Å². The topological polar surface area (TPSA) is 246 Å². The molecule has 9 aromatic carbocycles. The summed E-state index contributed by atoms with van der Waals surface area (Å²) in [5.74, 6) is -2.45. The van der Waals surface area contributed by atoms with E-state index in [0.717, 1.165) is 41.1 Å². The first-order valence-electron chi connectivity index (χ1n) is 32.2. The molecule has 0 aliphatic carbocycles. The highest BCUT2D eigenvalue weighted by Gasteiger charge is 2.44. The number of unbranched alkanes of at least 4 members (excludes halogenated alkanes) is 9. The number of methoxy groups -OCH3 is 1. The highest BCUT2D eigenvalue weighted by molar-refractivity contribution is 6.34. The molecule has 9 aromatic rings. The minimum Gasteiger partial charge on any atom is -0.506 e. The number of imide groups is 1. The summed E-state index contributed by atoms with van der Waals surface area (Å²) in [6.07, 6.45) is 9.99. The number of esters is 1. The zero-order chi connectivity index (χ0) is 68.1. The Morgan fingerprint density at radius 3 is 1.73 bits per heavy atom. The Balaban J connectivity index is 0.000000232. The molecule has 498 valence electrons. The molecule has 0 spiro atoms. The number of hydrogen-bond acceptors (Lipinski definition) is 15. The number of aliphatic hydroxyl groups is 1. The SMILES string of the molecule is CCCCCCCCCCCCOC(=O)c1ccc(Cl)c(NC(=O)c2cc(OC(=O)Nc3ccc(N(CC)CCO)cc3OC)c3ccccc3c2O)c1.Cc1ccccc1NC(=O)c1cc(OC(=O)N2C(=O)CC(c3ccccc3)N2c2ccccc2)c2ccccc2c1O. The van der Waals surface area contributed by atoms with Crippen LogP contribution in [0.2, 0.25) is 5.02 Å². The second-order valence-electron chi connectivity index (χ2n) is 23.0. The Hall–Kier alpha value is -10.6. The smallest absolute Gasteiger partial charge is 0.441 e. The summed E-state index contributed by atoms with van der Waals surface area (Å²) in [5.41, 5.74) is 4.17. The average molecular weight is 1320 g/mol. The highest BCUT2D eigenvalue weighted by Crippen LogP contribution is 2.42. The molecule has 19 nitrogen and oxygen atoms in total. The van der Waals surface area contributed by atoms with Crippen molar-refractivity contribution in [2.75, 3.05) is 59.3 Å². The van der Waals surface area contributed by atoms with E-state index in [4.69, 9.17) is 30.5 Å². The molecular weight excluding hydrogens is 1240 g/mol. The van der Waals surface area contributed by atoms with Crippen molar-refractivity contribution in [3.63, 3.8) is 0 Å². The number of aryl methyl sites for hydroxylation is 1. The third kappa shape index (κ3) is 17.4. The molecule has 20 heteroatoms. The fourth-order valence-electron chi connectivity index (χ4n) is 11.4. The normalized spacial score (nSPS) is 12.6. The predicted molar refractivity (Wildman–Crippen MR) is 375 cm³/mol. The number of amides is 5. The van der Waals surface area contributed by atoms with Gasteiger partial charge in [-0.3, -0.25) is 24.7 Å². The summed E-state index contributed by atoms with van der Waals surface area (Å²) in [7, 11) is 1.47. The first-order chi connectivity index (χ1) is 46.6. The summed E-state index contributed by atoms with van der Waals surface area (Å²) in [4.78, 5) is 82.2. The van der Waals surface area contributed by atoms with Gasteiger partial charge in [-0.2, -0.15) is 5.01 Å². The standard InChI is InChI=1S/C42H52ClN3O8.C34H27N3O5/c1-4-6-7-8-9-10-11-12-13-16-25-53-41(50)29-19-21-34(43)36(26-29)44-40(49)33-28-37(31-17-14-15-18-32(31)39(33)48)54-42(51)45-35-22-20-30(27-38(35)52-3)46(5-2)23-24-47;1-22-12-8-11-19-28(22)35-33(40)27-20-30(25-17-9-10-18-26(25)32(27)39)42-34(41)37-31(38)21-29(23-13-4-2-5-14-23)36(37)24-15-6-3-7-16-24/h14-15,17-22,26-28,47-48H,4-13,16,23-25H2,1-3H3,(H,44,49)(H,45,51);2-20,29,39H,21H2,1H3,(H,35,40). The number of ether oxygens (including phenoxy) is 4. The molecule has 1 fully saturated rings. The molecule has 0 aromatic heterocycles. The number of aliphatic hydroxyl groups excluding tert-OH is 1. The van der Waals surface area contributed by atoms with Gasteiger partial charge in [-0.15, -0.1) is 0 Å². The fraction of sp³-hybridized carbons (Fsp3) is 0.263. The van der Waals surface area contributed by atoms with Gasteiger partial charge in [-0.25, -0.2) is 14.4 Å². The summed E-state index contributed by atoms with van der Waals surface area (Å²) in [6.45, 7) is 7.41. The molecule has 0 saturated carbocycles. The maximum atomic E-state index is 13.8. The van der Waals surface area contributed by atoms with Crippen LogP contribution in [0.3, 0.4) is 0 Å². The van der Waals surface area contributed by atoms with Crippen molar-refractivity contribution in [3.8, 4) is 28.7 Å². The number of fused-ring (bicyclic) bond motifs is 2. The number of phenolic OH excluding ortho intramolecular Hbond substituents is 2. The van der Waals surface area contributed by atoms with Gasteiger partial charge in [0.2, 0.25) is 0 Å². The predicted octanol–water partition coefficient (Wildman–Crippen LogP) is 17.0. The van der Waals surface area contributed by atoms with Crippen molar-refractivity contribution in [1.82, 2.24) is 5.01 Å². The van der Waals surface area contributed by atoms with E-state index in [-0.39, 0.29) is 68.8 Å². The number of carbonyl (C=O) groups is 6. The monoisotopic (exact) mass is 1320 g/mol. The van der Waals surface area contributed by atoms with Crippen molar-refractivity contribution in [1.29, 1.82) is 0 Å². The van der Waals surface area contributed by atoms with E-state index in [1.165, 1.54) is 82.4 Å². The number of carbonyl (C=O) groups excluding carboxylic acids is 6. The lowest BCUT2D eigenvalue weighted by Crippen LogP contribution is -2.46. The van der Waals surface area contributed by atoms with Crippen molar-refractivity contribution in [3.05, 3.63) is 215 Å². The molecule has 1 unspecified atom stereocenters. The molecule has 96 heavy (non-hydrogen) atoms. The summed E-state index contributed by atoms with van der Waals surface area (Å²) < 4.78 is 22.6. The molecular formula is C76H79ClN6O13. The third-order valence-corrected chi connectivity index (χ3v) is 16.8. The fourth-order valence-corrected chi connectivity index (χ4v) is 11.6. The van der Waals surface area contributed by atoms with Crippen LogP contribution in [-0.4, -0.2) is 89.6 Å². The second-order valence-corrected chi connectivity index (χ2v) is 23.4. The number of nitrogens with one attached hydrogen (secondary N) is 3. The van der Waals surface area contributed by atoms with Crippen LogP contribution in [0.25, 0.3) is 21.5 Å². The number of rotatable bonds is 26. The number of hydrogen-bond donors (Lipinski definition) is 6. The van der Waals surface area contributed by atoms with Crippen LogP contribution in [0, 0.1) is 6.92 Å². The molecule has 0 bridgehead atoms. The van der Waals surface area contributed by atoms with Crippen LogP contribution in [0.4, 0.5) is 38.0 Å². The van der Waals surface area contributed by atoms with Gasteiger partial charge in [0.1, 0.15) is 28.7 Å². The van der Waals surface area contributed by atoms with Crippen LogP contribution in [0.1, 0.15) is 133 Å². The summed E-state index contributed by atoms with van der Waals surface area (Å²) in [6, 6.07) is 51.1. The first-order valence-corrected chi connectivity index (χ1v) is 32.6. The van der Waals surface area contributed by atoms with Gasteiger partial charge in [0.15, 0.2) is 0 Å². The van der Waals surface area contributed by atoms with Gasteiger partial charge in [0, 0.05) is 52.1 Å². The minimum atomic E-state index is -0.927. The zero-order valence-electron chi connectivity index (χ0n) is 54.1. The third-order valence-electron chi connectivity index (χ3n) is 16.5. The van der Waals surface area contributed by atoms with Crippen LogP contribution in [-0.2, 0) is 9.53 Å².